The molecular formula is C17H20BrN3O2. The molecular weight excluding hydrogens is 358 g/mol. The minimum atomic E-state index is -0.0443. The van der Waals surface area contributed by atoms with Gasteiger partial charge in [0.25, 0.3) is 5.91 Å². The van der Waals surface area contributed by atoms with E-state index in [0.29, 0.717) is 12.2 Å². The molecule has 3 rings (SSSR count). The van der Waals surface area contributed by atoms with Crippen molar-refractivity contribution in [3.63, 3.8) is 0 Å². The van der Waals surface area contributed by atoms with E-state index in [4.69, 9.17) is 4.74 Å². The highest BCUT2D eigenvalue weighted by molar-refractivity contribution is 9.10. The van der Waals surface area contributed by atoms with Crippen LogP contribution in [0.25, 0.3) is 0 Å². The van der Waals surface area contributed by atoms with Crippen LogP contribution >= 0.6 is 15.9 Å². The molecule has 1 atom stereocenters. The Balaban J connectivity index is 1.70. The Labute approximate surface area is 144 Å². The van der Waals surface area contributed by atoms with E-state index < -0.39 is 0 Å². The summed E-state index contributed by atoms with van der Waals surface area (Å²) in [5, 5.41) is 0. The molecule has 0 spiro atoms. The van der Waals surface area contributed by atoms with E-state index in [1.165, 1.54) is 0 Å². The molecule has 2 aromatic rings. The predicted octanol–water partition coefficient (Wildman–Crippen LogP) is 3.14. The summed E-state index contributed by atoms with van der Waals surface area (Å²) in [5.74, 6) is 0.843. The number of rotatable bonds is 4. The van der Waals surface area contributed by atoms with Crippen molar-refractivity contribution in [2.24, 2.45) is 0 Å². The molecule has 1 N–H and O–H groups in total. The van der Waals surface area contributed by atoms with Crippen molar-refractivity contribution < 1.29 is 9.53 Å². The smallest absolute Gasteiger partial charge is 0.270 e. The Morgan fingerprint density at radius 1 is 1.48 bits per heavy atom. The van der Waals surface area contributed by atoms with Gasteiger partial charge in [-0.1, -0.05) is 12.1 Å². The van der Waals surface area contributed by atoms with Crippen LogP contribution in [0.4, 0.5) is 5.69 Å². The van der Waals surface area contributed by atoms with E-state index >= 15 is 0 Å². The molecule has 1 aromatic heterocycles. The number of fused-ring (bicyclic) bond motifs is 1. The van der Waals surface area contributed by atoms with Gasteiger partial charge in [-0.2, -0.15) is 0 Å². The van der Waals surface area contributed by atoms with Crippen molar-refractivity contribution in [3.8, 4) is 5.75 Å². The largest absolute Gasteiger partial charge is 0.485 e. The third-order valence-electron chi connectivity index (χ3n) is 4.01. The van der Waals surface area contributed by atoms with Crippen molar-refractivity contribution in [1.29, 1.82) is 0 Å². The molecule has 0 aliphatic carbocycles. The van der Waals surface area contributed by atoms with Crippen LogP contribution in [0, 0.1) is 0 Å². The molecule has 122 valence electrons. The quantitative estimate of drug-likeness (QED) is 0.890. The highest BCUT2D eigenvalue weighted by Crippen LogP contribution is 2.32. The summed E-state index contributed by atoms with van der Waals surface area (Å²) >= 11 is 3.35. The highest BCUT2D eigenvalue weighted by atomic mass is 79.9. The van der Waals surface area contributed by atoms with Gasteiger partial charge in [0, 0.05) is 24.3 Å². The lowest BCUT2D eigenvalue weighted by molar-refractivity contribution is 0.0704. The lowest BCUT2D eigenvalue weighted by Crippen LogP contribution is -2.46. The topological polar surface area (TPSA) is 48.6 Å². The number of anilines is 1. The van der Waals surface area contributed by atoms with Crippen LogP contribution in [0.5, 0.6) is 5.75 Å². The second-order valence-corrected chi connectivity index (χ2v) is 6.58. The van der Waals surface area contributed by atoms with Crippen molar-refractivity contribution in [1.82, 2.24) is 9.88 Å². The van der Waals surface area contributed by atoms with Gasteiger partial charge >= 0.3 is 0 Å². The molecule has 1 amide bonds. The standard InChI is InChI=1S/C17H20BrN3O2/c1-3-21-11-13(23-16-7-5-4-6-15(16)21)10-20(2)17(22)14-8-12(18)9-19-14/h4-9,13,19H,3,10-11H2,1-2H3. The molecule has 0 saturated heterocycles. The molecule has 23 heavy (non-hydrogen) atoms. The lowest BCUT2D eigenvalue weighted by atomic mass is 10.2. The number of amides is 1. The van der Waals surface area contributed by atoms with Crippen LogP contribution in [0.15, 0.2) is 41.0 Å². The summed E-state index contributed by atoms with van der Waals surface area (Å²) in [7, 11) is 1.80. The number of hydrogen-bond acceptors (Lipinski definition) is 3. The molecule has 6 heteroatoms. The van der Waals surface area contributed by atoms with E-state index in [0.717, 1.165) is 29.0 Å². The normalized spacial score (nSPS) is 16.7. The number of H-pyrrole nitrogens is 1. The fraction of sp³-hybridized carbons (Fsp3) is 0.353. The zero-order valence-corrected chi connectivity index (χ0v) is 14.8. The number of likely N-dealkylation sites (N-methyl/N-ethyl adjacent to an activating group) is 2. The number of ether oxygens (including phenoxy) is 1. The Bertz CT molecular complexity index is 701. The summed E-state index contributed by atoms with van der Waals surface area (Å²) in [6, 6.07) is 9.83. The van der Waals surface area contributed by atoms with Crippen molar-refractivity contribution in [2.45, 2.75) is 13.0 Å². The SMILES string of the molecule is CCN1CC(CN(C)C(=O)c2cc(Br)c[nH]2)Oc2ccccc21. The van der Waals surface area contributed by atoms with Crippen LogP contribution in [0.2, 0.25) is 0 Å². The molecule has 0 saturated carbocycles. The molecule has 1 unspecified atom stereocenters. The first kappa shape index (κ1) is 15.9. The molecule has 1 aromatic carbocycles. The molecule has 2 heterocycles. The number of benzene rings is 1. The van der Waals surface area contributed by atoms with Crippen molar-refractivity contribution in [2.75, 3.05) is 31.6 Å². The Morgan fingerprint density at radius 2 is 2.26 bits per heavy atom. The van der Waals surface area contributed by atoms with Crippen LogP contribution in [-0.2, 0) is 0 Å². The number of nitrogens with zero attached hydrogens (tertiary/aromatic N) is 2. The molecule has 0 fully saturated rings. The molecule has 0 radical (unpaired) electrons. The average Bonchev–Trinajstić information content (AvgIpc) is 2.99. The maximum atomic E-state index is 12.4. The predicted molar refractivity (Wildman–Crippen MR) is 94.2 cm³/mol. The first-order chi connectivity index (χ1) is 11.1. The Hall–Kier alpha value is -1.95. The number of halogens is 1. The molecule has 1 aliphatic rings. The molecule has 1 aliphatic heterocycles. The number of aromatic amines is 1. The summed E-state index contributed by atoms with van der Waals surface area (Å²) < 4.78 is 6.94. The molecule has 5 nitrogen and oxygen atoms in total. The number of carbonyl (C=O) groups is 1. The van der Waals surface area contributed by atoms with Gasteiger partial charge in [-0.25, -0.2) is 0 Å². The Kier molecular flexibility index (Phi) is 4.61. The van der Waals surface area contributed by atoms with E-state index in [-0.39, 0.29) is 12.0 Å². The maximum Gasteiger partial charge on any atom is 0.270 e. The number of aromatic nitrogens is 1. The number of nitrogens with one attached hydrogen (secondary N) is 1. The monoisotopic (exact) mass is 377 g/mol. The van der Waals surface area contributed by atoms with Crippen molar-refractivity contribution >= 4 is 27.5 Å². The fourth-order valence-corrected chi connectivity index (χ4v) is 3.20. The van der Waals surface area contributed by atoms with Crippen LogP contribution in [-0.4, -0.2) is 48.6 Å². The van der Waals surface area contributed by atoms with E-state index in [2.05, 4.69) is 38.8 Å². The number of para-hydroxylation sites is 2. The van der Waals surface area contributed by atoms with Gasteiger partial charge in [-0.3, -0.25) is 4.79 Å². The van der Waals surface area contributed by atoms with E-state index in [1.54, 1.807) is 24.2 Å². The van der Waals surface area contributed by atoms with Crippen LogP contribution in [0.1, 0.15) is 17.4 Å². The maximum absolute atomic E-state index is 12.4. The third kappa shape index (κ3) is 3.37. The summed E-state index contributed by atoms with van der Waals surface area (Å²) in [5.41, 5.74) is 1.69. The average molecular weight is 378 g/mol. The molecule has 0 bridgehead atoms. The van der Waals surface area contributed by atoms with Gasteiger partial charge < -0.3 is 19.5 Å². The number of carbonyl (C=O) groups excluding carboxylic acids is 1. The minimum Gasteiger partial charge on any atom is -0.485 e. The second-order valence-electron chi connectivity index (χ2n) is 5.66. The van der Waals surface area contributed by atoms with Gasteiger partial charge in [0.2, 0.25) is 0 Å². The van der Waals surface area contributed by atoms with Crippen molar-refractivity contribution in [3.05, 3.63) is 46.7 Å². The Morgan fingerprint density at radius 3 is 2.96 bits per heavy atom. The summed E-state index contributed by atoms with van der Waals surface area (Å²) in [6.45, 7) is 4.36. The first-order valence-corrected chi connectivity index (χ1v) is 8.47. The van der Waals surface area contributed by atoms with E-state index in [1.807, 2.05) is 18.2 Å². The summed E-state index contributed by atoms with van der Waals surface area (Å²) in [6.07, 6.45) is 1.71. The third-order valence-corrected chi connectivity index (χ3v) is 4.47. The zero-order chi connectivity index (χ0) is 16.4. The zero-order valence-electron chi connectivity index (χ0n) is 13.3. The second kappa shape index (κ2) is 6.66. The minimum absolute atomic E-state index is 0.0405. The van der Waals surface area contributed by atoms with Gasteiger partial charge in [0.1, 0.15) is 17.5 Å². The number of hydrogen-bond donors (Lipinski definition) is 1. The summed E-state index contributed by atoms with van der Waals surface area (Å²) in [4.78, 5) is 19.4. The lowest BCUT2D eigenvalue weighted by Gasteiger charge is -2.37. The van der Waals surface area contributed by atoms with Gasteiger partial charge in [-0.15, -0.1) is 0 Å². The fourth-order valence-electron chi connectivity index (χ4n) is 2.86. The highest BCUT2D eigenvalue weighted by Gasteiger charge is 2.27. The van der Waals surface area contributed by atoms with Crippen LogP contribution < -0.4 is 9.64 Å². The van der Waals surface area contributed by atoms with E-state index in [9.17, 15) is 4.79 Å². The first-order valence-electron chi connectivity index (χ1n) is 7.68. The van der Waals surface area contributed by atoms with Gasteiger partial charge in [0.15, 0.2) is 0 Å². The van der Waals surface area contributed by atoms with Crippen LogP contribution in [0.3, 0.4) is 0 Å². The van der Waals surface area contributed by atoms with Gasteiger partial charge in [0.05, 0.1) is 18.8 Å². The van der Waals surface area contributed by atoms with Gasteiger partial charge in [-0.05, 0) is 41.1 Å².